The molecular formula is C18H18ClNO3S. The highest BCUT2D eigenvalue weighted by Gasteiger charge is 2.40. The van der Waals surface area contributed by atoms with E-state index in [2.05, 4.69) is 6.58 Å². The minimum atomic E-state index is -3.74. The third-order valence-corrected chi connectivity index (χ3v) is 6.37. The fourth-order valence-corrected chi connectivity index (χ4v) is 4.93. The molecule has 0 fully saturated rings. The van der Waals surface area contributed by atoms with E-state index >= 15 is 0 Å². The van der Waals surface area contributed by atoms with Gasteiger partial charge in [0.2, 0.25) is 10.0 Å². The van der Waals surface area contributed by atoms with Gasteiger partial charge in [-0.3, -0.25) is 0 Å². The Morgan fingerprint density at radius 3 is 2.58 bits per heavy atom. The molecule has 126 valence electrons. The Balaban J connectivity index is 2.22. The molecule has 0 saturated heterocycles. The summed E-state index contributed by atoms with van der Waals surface area (Å²) in [6, 6.07) is 13.9. The van der Waals surface area contributed by atoms with E-state index in [0.717, 1.165) is 5.56 Å². The van der Waals surface area contributed by atoms with E-state index in [9.17, 15) is 8.42 Å². The summed E-state index contributed by atoms with van der Waals surface area (Å²) in [5, 5.41) is 0.282. The maximum Gasteiger partial charge on any atom is 0.247 e. The van der Waals surface area contributed by atoms with Crippen molar-refractivity contribution < 1.29 is 13.2 Å². The molecule has 4 nitrogen and oxygen atoms in total. The molecule has 2 aromatic carbocycles. The highest BCUT2D eigenvalue weighted by Crippen LogP contribution is 2.42. The Bertz CT molecular complexity index is 852. The van der Waals surface area contributed by atoms with E-state index < -0.39 is 22.2 Å². The van der Waals surface area contributed by atoms with Crippen molar-refractivity contribution in [3.63, 3.8) is 0 Å². The Morgan fingerprint density at radius 1 is 1.21 bits per heavy atom. The van der Waals surface area contributed by atoms with E-state index in [1.807, 2.05) is 37.3 Å². The van der Waals surface area contributed by atoms with Crippen LogP contribution in [0.25, 0.3) is 0 Å². The summed E-state index contributed by atoms with van der Waals surface area (Å²) in [5.74, 6) is 0.200. The number of halogens is 1. The van der Waals surface area contributed by atoms with Gasteiger partial charge in [0.15, 0.2) is 5.75 Å². The van der Waals surface area contributed by atoms with Crippen molar-refractivity contribution in [2.24, 2.45) is 0 Å². The van der Waals surface area contributed by atoms with E-state index in [1.54, 1.807) is 18.2 Å². The molecule has 2 atom stereocenters. The lowest BCUT2D eigenvalue weighted by molar-refractivity contribution is 0.131. The molecule has 0 aromatic heterocycles. The van der Waals surface area contributed by atoms with Gasteiger partial charge in [-0.25, -0.2) is 8.42 Å². The molecule has 24 heavy (non-hydrogen) atoms. The summed E-state index contributed by atoms with van der Waals surface area (Å²) in [6.07, 6.45) is 1.10. The van der Waals surface area contributed by atoms with Gasteiger partial charge in [0.25, 0.3) is 0 Å². The van der Waals surface area contributed by atoms with Crippen LogP contribution in [0.5, 0.6) is 5.75 Å². The van der Waals surface area contributed by atoms with Gasteiger partial charge < -0.3 is 4.74 Å². The summed E-state index contributed by atoms with van der Waals surface area (Å²) in [5.41, 5.74) is 0.891. The first kappa shape index (κ1) is 17.0. The van der Waals surface area contributed by atoms with Gasteiger partial charge in [-0.2, -0.15) is 4.31 Å². The summed E-state index contributed by atoms with van der Waals surface area (Å²) in [7, 11) is -3.74. The second-order valence-corrected chi connectivity index (χ2v) is 7.89. The maximum atomic E-state index is 13.1. The lowest BCUT2D eigenvalue weighted by Crippen LogP contribution is -2.41. The number of nitrogens with zero attached hydrogens (tertiary/aromatic N) is 1. The van der Waals surface area contributed by atoms with Gasteiger partial charge in [-0.05, 0) is 24.6 Å². The van der Waals surface area contributed by atoms with Crippen molar-refractivity contribution in [3.8, 4) is 5.75 Å². The molecule has 0 radical (unpaired) electrons. The van der Waals surface area contributed by atoms with Crippen LogP contribution in [0.1, 0.15) is 18.6 Å². The zero-order valence-electron chi connectivity index (χ0n) is 13.2. The largest absolute Gasteiger partial charge is 0.481 e. The average molecular weight is 364 g/mol. The Hall–Kier alpha value is -1.82. The van der Waals surface area contributed by atoms with Crippen LogP contribution in [0.4, 0.5) is 0 Å². The first-order valence-electron chi connectivity index (χ1n) is 7.59. The molecule has 3 rings (SSSR count). The average Bonchev–Trinajstić information content (AvgIpc) is 2.65. The van der Waals surface area contributed by atoms with Crippen molar-refractivity contribution in [1.82, 2.24) is 4.31 Å². The molecule has 1 aliphatic heterocycles. The SMILES string of the molecule is C=CCN1[C@H](C)[C@@H](c2ccccc2)Oc2c(Cl)cccc2S1(=O)=O. The summed E-state index contributed by atoms with van der Waals surface area (Å²) < 4.78 is 33.7. The number of rotatable bonds is 3. The Kier molecular flexibility index (Phi) is 4.67. The minimum Gasteiger partial charge on any atom is -0.481 e. The highest BCUT2D eigenvalue weighted by molar-refractivity contribution is 7.89. The van der Waals surface area contributed by atoms with E-state index in [-0.39, 0.29) is 22.2 Å². The third kappa shape index (κ3) is 2.83. The Morgan fingerprint density at radius 2 is 1.92 bits per heavy atom. The zero-order chi connectivity index (χ0) is 17.3. The molecule has 0 amide bonds. The van der Waals surface area contributed by atoms with Crippen LogP contribution in [0.15, 0.2) is 66.1 Å². The maximum absolute atomic E-state index is 13.1. The summed E-state index contributed by atoms with van der Waals surface area (Å²) in [6.45, 7) is 5.71. The van der Waals surface area contributed by atoms with Crippen LogP contribution >= 0.6 is 11.6 Å². The van der Waals surface area contributed by atoms with Crippen LogP contribution in [0, 0.1) is 0 Å². The molecule has 1 aliphatic rings. The van der Waals surface area contributed by atoms with Crippen LogP contribution in [-0.2, 0) is 10.0 Å². The number of hydrogen-bond acceptors (Lipinski definition) is 3. The van der Waals surface area contributed by atoms with Crippen LogP contribution in [0.2, 0.25) is 5.02 Å². The molecule has 0 unspecified atom stereocenters. The van der Waals surface area contributed by atoms with Crippen molar-refractivity contribution >= 4 is 21.6 Å². The first-order chi connectivity index (χ1) is 11.5. The van der Waals surface area contributed by atoms with E-state index in [1.165, 1.54) is 10.4 Å². The minimum absolute atomic E-state index is 0.0853. The third-order valence-electron chi connectivity index (χ3n) is 4.09. The predicted octanol–water partition coefficient (Wildman–Crippen LogP) is 4.04. The monoisotopic (exact) mass is 363 g/mol. The first-order valence-corrected chi connectivity index (χ1v) is 9.41. The lowest BCUT2D eigenvalue weighted by atomic mass is 10.0. The van der Waals surface area contributed by atoms with Gasteiger partial charge in [-0.1, -0.05) is 54.1 Å². The predicted molar refractivity (Wildman–Crippen MR) is 94.8 cm³/mol. The number of sulfonamides is 1. The molecule has 2 aromatic rings. The number of para-hydroxylation sites is 1. The van der Waals surface area contributed by atoms with Crippen molar-refractivity contribution in [3.05, 3.63) is 71.8 Å². The van der Waals surface area contributed by atoms with Gasteiger partial charge in [0.1, 0.15) is 11.0 Å². The van der Waals surface area contributed by atoms with E-state index in [4.69, 9.17) is 16.3 Å². The fraction of sp³-hybridized carbons (Fsp3) is 0.222. The summed E-state index contributed by atoms with van der Waals surface area (Å²) in [4.78, 5) is 0.0853. The normalized spacial score (nSPS) is 22.9. The highest BCUT2D eigenvalue weighted by atomic mass is 35.5. The second kappa shape index (κ2) is 6.59. The second-order valence-electron chi connectivity index (χ2n) is 5.62. The number of hydrogen-bond donors (Lipinski definition) is 0. The lowest BCUT2D eigenvalue weighted by Gasteiger charge is -2.30. The molecule has 1 heterocycles. The van der Waals surface area contributed by atoms with Crippen molar-refractivity contribution in [2.75, 3.05) is 6.54 Å². The molecule has 6 heteroatoms. The van der Waals surface area contributed by atoms with Crippen molar-refractivity contribution in [1.29, 1.82) is 0 Å². The van der Waals surface area contributed by atoms with Crippen LogP contribution in [-0.4, -0.2) is 25.3 Å². The summed E-state index contributed by atoms with van der Waals surface area (Å²) >= 11 is 6.24. The van der Waals surface area contributed by atoms with Crippen LogP contribution in [0.3, 0.4) is 0 Å². The topological polar surface area (TPSA) is 46.6 Å². The van der Waals surface area contributed by atoms with Gasteiger partial charge in [-0.15, -0.1) is 6.58 Å². The van der Waals surface area contributed by atoms with E-state index in [0.29, 0.717) is 0 Å². The van der Waals surface area contributed by atoms with Gasteiger partial charge in [0.05, 0.1) is 11.1 Å². The molecule has 0 bridgehead atoms. The number of benzene rings is 2. The molecule has 0 saturated carbocycles. The standard InChI is InChI=1S/C18H18ClNO3S/c1-3-12-20-13(2)17(14-8-5-4-6-9-14)23-18-15(19)10-7-11-16(18)24(20,21)22/h3-11,13,17H,1,12H2,2H3/t13-,17+/m1/s1. The zero-order valence-corrected chi connectivity index (χ0v) is 14.8. The molecular weight excluding hydrogens is 346 g/mol. The van der Waals surface area contributed by atoms with Crippen LogP contribution < -0.4 is 4.74 Å². The van der Waals surface area contributed by atoms with Gasteiger partial charge in [0, 0.05) is 6.54 Å². The Labute approximate surface area is 147 Å². The molecule has 0 N–H and O–H groups in total. The fourth-order valence-electron chi connectivity index (χ4n) is 2.91. The molecule has 0 spiro atoms. The number of fused-ring (bicyclic) bond motifs is 1. The molecule has 0 aliphatic carbocycles. The smallest absolute Gasteiger partial charge is 0.247 e. The number of ether oxygens (including phenoxy) is 1. The van der Waals surface area contributed by atoms with Gasteiger partial charge >= 0.3 is 0 Å². The van der Waals surface area contributed by atoms with Crippen molar-refractivity contribution in [2.45, 2.75) is 24.0 Å². The quantitative estimate of drug-likeness (QED) is 0.773.